The Hall–Kier alpha value is -5.95. The van der Waals surface area contributed by atoms with Crippen LogP contribution in [0.3, 0.4) is 0 Å². The van der Waals surface area contributed by atoms with Gasteiger partial charge in [0.2, 0.25) is 17.7 Å². The van der Waals surface area contributed by atoms with Crippen LogP contribution in [0.1, 0.15) is 23.1 Å². The summed E-state index contributed by atoms with van der Waals surface area (Å²) in [6.07, 6.45) is 2.67. The molecule has 9 N–H and O–H groups in total. The number of carbonyl (C=O) groups excluding carboxylic acids is 3. The van der Waals surface area contributed by atoms with Crippen molar-refractivity contribution in [3.8, 4) is 0 Å². The molecule has 0 aliphatic carbocycles. The second-order valence-electron chi connectivity index (χ2n) is 11.5. The van der Waals surface area contributed by atoms with Gasteiger partial charge in [0.25, 0.3) is 0 Å². The van der Waals surface area contributed by atoms with Crippen LogP contribution in [0, 0.1) is 0 Å². The first-order valence-electron chi connectivity index (χ1n) is 15.3. The van der Waals surface area contributed by atoms with Crippen molar-refractivity contribution in [1.29, 1.82) is 0 Å². The zero-order chi connectivity index (χ0) is 34.2. The molecule has 0 aliphatic rings. The number of nitrogens with two attached hydrogens (primary N) is 1. The molecule has 3 aromatic carbocycles. The predicted octanol–water partition coefficient (Wildman–Crippen LogP) is 2.02. The molecular weight excluding hydrogens is 616 g/mol. The summed E-state index contributed by atoms with van der Waals surface area (Å²) < 4.78 is 0. The quantitative estimate of drug-likeness (QED) is 0.0834. The van der Waals surface area contributed by atoms with E-state index in [-0.39, 0.29) is 19.3 Å². The van der Waals surface area contributed by atoms with E-state index in [0.717, 1.165) is 27.4 Å². The minimum absolute atomic E-state index is 0.0118. The zero-order valence-electron chi connectivity index (χ0n) is 25.8. The molecule has 0 radical (unpaired) electrons. The molecule has 13 heteroatoms. The summed E-state index contributed by atoms with van der Waals surface area (Å²) in [6, 6.07) is 18.3. The molecule has 248 valence electrons. The third-order valence-corrected chi connectivity index (χ3v) is 8.09. The van der Waals surface area contributed by atoms with Gasteiger partial charge >= 0.3 is 11.9 Å². The number of aromatic amines is 2. The lowest BCUT2D eigenvalue weighted by atomic mass is 10.0. The summed E-state index contributed by atoms with van der Waals surface area (Å²) in [5.74, 6) is -5.20. The number of H-pyrrole nitrogens is 2. The lowest BCUT2D eigenvalue weighted by molar-refractivity contribution is -0.143. The highest BCUT2D eigenvalue weighted by Gasteiger charge is 2.32. The fourth-order valence-corrected chi connectivity index (χ4v) is 5.62. The van der Waals surface area contributed by atoms with E-state index in [4.69, 9.17) is 5.73 Å². The van der Waals surface area contributed by atoms with Gasteiger partial charge in [0, 0.05) is 47.0 Å². The van der Waals surface area contributed by atoms with Crippen LogP contribution in [0.4, 0.5) is 0 Å². The van der Waals surface area contributed by atoms with Crippen LogP contribution in [0.2, 0.25) is 0 Å². The molecule has 5 rings (SSSR count). The van der Waals surface area contributed by atoms with Crippen molar-refractivity contribution in [3.63, 3.8) is 0 Å². The van der Waals surface area contributed by atoms with E-state index in [1.54, 1.807) is 48.8 Å². The zero-order valence-corrected chi connectivity index (χ0v) is 25.8. The smallest absolute Gasteiger partial charge is 0.326 e. The molecule has 4 atom stereocenters. The Kier molecular flexibility index (Phi) is 10.5. The van der Waals surface area contributed by atoms with Crippen molar-refractivity contribution in [3.05, 3.63) is 108 Å². The first-order chi connectivity index (χ1) is 23.1. The minimum Gasteiger partial charge on any atom is -0.481 e. The molecule has 0 spiro atoms. The van der Waals surface area contributed by atoms with Gasteiger partial charge in [0.1, 0.15) is 18.1 Å². The Morgan fingerprint density at radius 1 is 0.604 bits per heavy atom. The maximum atomic E-state index is 13.7. The summed E-state index contributed by atoms with van der Waals surface area (Å²) in [5.41, 5.74) is 10.1. The van der Waals surface area contributed by atoms with Crippen molar-refractivity contribution in [2.75, 3.05) is 0 Å². The maximum absolute atomic E-state index is 13.7. The Morgan fingerprint density at radius 2 is 1.10 bits per heavy atom. The van der Waals surface area contributed by atoms with Crippen molar-refractivity contribution < 1.29 is 34.2 Å². The van der Waals surface area contributed by atoms with Gasteiger partial charge in [-0.25, -0.2) is 4.79 Å². The van der Waals surface area contributed by atoms with E-state index in [1.807, 2.05) is 42.5 Å². The molecule has 48 heavy (non-hydrogen) atoms. The van der Waals surface area contributed by atoms with E-state index in [1.165, 1.54) is 0 Å². The van der Waals surface area contributed by atoms with E-state index in [9.17, 15) is 34.2 Å². The summed E-state index contributed by atoms with van der Waals surface area (Å²) in [6.45, 7) is 0. The highest BCUT2D eigenvalue weighted by atomic mass is 16.4. The lowest BCUT2D eigenvalue weighted by Crippen LogP contribution is -2.58. The van der Waals surface area contributed by atoms with Crippen LogP contribution in [0.15, 0.2) is 91.3 Å². The Balaban J connectivity index is 1.31. The SMILES string of the molecule is NC(Cc1c[nH]c2ccccc12)C(=O)NC(Cc1ccccc1)C(=O)NC(CC(=O)O)C(=O)NC(Cc1c[nH]c2ccccc12)C(=O)O. The summed E-state index contributed by atoms with van der Waals surface area (Å²) in [7, 11) is 0. The van der Waals surface area contributed by atoms with Crippen LogP contribution in [0.5, 0.6) is 0 Å². The van der Waals surface area contributed by atoms with Crippen LogP contribution in [0.25, 0.3) is 21.8 Å². The number of hydrogen-bond acceptors (Lipinski definition) is 6. The van der Waals surface area contributed by atoms with Crippen molar-refractivity contribution >= 4 is 51.5 Å². The first-order valence-corrected chi connectivity index (χ1v) is 15.3. The standard InChI is InChI=1S/C35H36N6O7/c36-25(15-21-18-37-26-12-6-4-10-23(21)26)32(44)39-28(14-20-8-2-1-3-9-20)33(45)40-29(17-31(42)43)34(46)41-30(35(47)48)16-22-19-38-27-13-7-5-11-24(22)27/h1-13,18-19,25,28-30,37-38H,14-17,36H2,(H,39,44)(H,40,45)(H,41,46)(H,42,43)(H,47,48). The third kappa shape index (κ3) is 8.25. The van der Waals surface area contributed by atoms with E-state index in [0.29, 0.717) is 11.1 Å². The Morgan fingerprint density at radius 3 is 1.69 bits per heavy atom. The number of nitrogens with one attached hydrogen (secondary N) is 5. The van der Waals surface area contributed by atoms with Crippen LogP contribution in [-0.4, -0.2) is 74.0 Å². The molecule has 0 saturated carbocycles. The topological polar surface area (TPSA) is 219 Å². The van der Waals surface area contributed by atoms with Gasteiger partial charge in [-0.05, 0) is 35.2 Å². The Labute approximate surface area is 274 Å². The average Bonchev–Trinajstić information content (AvgIpc) is 3.67. The van der Waals surface area contributed by atoms with Gasteiger partial charge < -0.3 is 41.9 Å². The van der Waals surface area contributed by atoms with Crippen molar-refractivity contribution in [1.82, 2.24) is 25.9 Å². The number of carboxylic acid groups (broad SMARTS) is 2. The number of aromatic nitrogens is 2. The fourth-order valence-electron chi connectivity index (χ4n) is 5.62. The Bertz CT molecular complexity index is 1940. The number of rotatable bonds is 15. The van der Waals surface area contributed by atoms with Gasteiger partial charge in [0.15, 0.2) is 0 Å². The van der Waals surface area contributed by atoms with E-state index < -0.39 is 60.2 Å². The lowest BCUT2D eigenvalue weighted by Gasteiger charge is -2.25. The molecular formula is C35H36N6O7. The van der Waals surface area contributed by atoms with E-state index >= 15 is 0 Å². The number of para-hydroxylation sites is 2. The highest BCUT2D eigenvalue weighted by molar-refractivity contribution is 5.96. The number of benzene rings is 3. The summed E-state index contributed by atoms with van der Waals surface area (Å²) >= 11 is 0. The third-order valence-electron chi connectivity index (χ3n) is 8.09. The number of carbonyl (C=O) groups is 5. The number of carboxylic acids is 2. The maximum Gasteiger partial charge on any atom is 0.326 e. The minimum atomic E-state index is -1.64. The van der Waals surface area contributed by atoms with Gasteiger partial charge in [-0.3, -0.25) is 19.2 Å². The monoisotopic (exact) mass is 652 g/mol. The number of aliphatic carboxylic acids is 2. The summed E-state index contributed by atoms with van der Waals surface area (Å²) in [5, 5.41) is 28.6. The van der Waals surface area contributed by atoms with Crippen LogP contribution >= 0.6 is 0 Å². The molecule has 3 amide bonds. The molecule has 0 saturated heterocycles. The fraction of sp³-hybridized carbons (Fsp3) is 0.229. The van der Waals surface area contributed by atoms with E-state index in [2.05, 4.69) is 25.9 Å². The first kappa shape index (κ1) is 33.4. The van der Waals surface area contributed by atoms with Crippen LogP contribution < -0.4 is 21.7 Å². The molecule has 2 heterocycles. The normalized spacial score (nSPS) is 13.7. The van der Waals surface area contributed by atoms with Gasteiger partial charge in [-0.1, -0.05) is 66.7 Å². The van der Waals surface area contributed by atoms with Gasteiger partial charge in [0.05, 0.1) is 12.5 Å². The molecule has 0 aliphatic heterocycles. The summed E-state index contributed by atoms with van der Waals surface area (Å²) in [4.78, 5) is 70.4. The molecule has 4 unspecified atom stereocenters. The largest absolute Gasteiger partial charge is 0.481 e. The molecule has 5 aromatic rings. The van der Waals surface area contributed by atoms with Crippen molar-refractivity contribution in [2.45, 2.75) is 49.9 Å². The molecule has 13 nitrogen and oxygen atoms in total. The second kappa shape index (κ2) is 15.1. The average molecular weight is 653 g/mol. The number of amides is 3. The second-order valence-corrected chi connectivity index (χ2v) is 11.5. The molecule has 0 bridgehead atoms. The van der Waals surface area contributed by atoms with Gasteiger partial charge in [-0.15, -0.1) is 0 Å². The van der Waals surface area contributed by atoms with Crippen LogP contribution in [-0.2, 0) is 43.2 Å². The van der Waals surface area contributed by atoms with Gasteiger partial charge in [-0.2, -0.15) is 0 Å². The highest BCUT2D eigenvalue weighted by Crippen LogP contribution is 2.20. The molecule has 0 fully saturated rings. The predicted molar refractivity (Wildman–Crippen MR) is 178 cm³/mol. The van der Waals surface area contributed by atoms with Crippen molar-refractivity contribution in [2.24, 2.45) is 5.73 Å². The number of fused-ring (bicyclic) bond motifs is 2. The molecule has 2 aromatic heterocycles. The number of hydrogen-bond donors (Lipinski definition) is 8.